The molecular weight excluding hydrogens is 184 g/mol. The second-order valence-corrected chi connectivity index (χ2v) is 3.37. The maximum atomic E-state index is 9.70. The molecule has 5 nitrogen and oxygen atoms in total. The minimum Gasteiger partial charge on any atom is -0.396 e. The smallest absolute Gasteiger partial charge is 0.108 e. The number of hydrogen-bond acceptors (Lipinski definition) is 4. The van der Waals surface area contributed by atoms with E-state index in [2.05, 4.69) is 5.10 Å². The minimum atomic E-state index is -0.976. The summed E-state index contributed by atoms with van der Waals surface area (Å²) in [6.07, 6.45) is -0.0884. The molecule has 1 aromatic heterocycles. The molecule has 80 valence electrons. The third-order valence-electron chi connectivity index (χ3n) is 2.16. The molecule has 1 aromatic rings. The van der Waals surface area contributed by atoms with Crippen LogP contribution in [0.4, 0.5) is 0 Å². The third kappa shape index (κ3) is 2.31. The highest BCUT2D eigenvalue weighted by Gasteiger charge is 2.21. The summed E-state index contributed by atoms with van der Waals surface area (Å²) in [5.74, 6) is 0. The van der Waals surface area contributed by atoms with Gasteiger partial charge in [-0.25, -0.2) is 0 Å². The van der Waals surface area contributed by atoms with E-state index in [0.717, 1.165) is 0 Å². The first kappa shape index (κ1) is 11.2. The Labute approximate surface area is 82.6 Å². The predicted molar refractivity (Wildman–Crippen MR) is 50.6 cm³/mol. The van der Waals surface area contributed by atoms with Crippen molar-refractivity contribution >= 4 is 0 Å². The Morgan fingerprint density at radius 1 is 1.50 bits per heavy atom. The molecular formula is C9H16N2O3. The molecule has 0 aromatic carbocycles. The Kier molecular flexibility index (Phi) is 3.62. The summed E-state index contributed by atoms with van der Waals surface area (Å²) in [6, 6.07) is 0. The van der Waals surface area contributed by atoms with Crippen molar-refractivity contribution in [3.05, 3.63) is 17.5 Å². The number of aliphatic hydroxyl groups excluding tert-OH is 3. The summed E-state index contributed by atoms with van der Waals surface area (Å²) in [5, 5.41) is 31.8. The molecule has 0 aliphatic rings. The van der Waals surface area contributed by atoms with Gasteiger partial charge in [0, 0.05) is 25.4 Å². The molecule has 0 saturated carbocycles. The van der Waals surface area contributed by atoms with E-state index in [1.54, 1.807) is 24.9 Å². The van der Waals surface area contributed by atoms with Gasteiger partial charge < -0.3 is 15.3 Å². The first-order valence-electron chi connectivity index (χ1n) is 4.53. The van der Waals surface area contributed by atoms with Crippen molar-refractivity contribution in [2.75, 3.05) is 6.61 Å². The van der Waals surface area contributed by atoms with Gasteiger partial charge in [-0.05, 0) is 13.3 Å². The van der Waals surface area contributed by atoms with Gasteiger partial charge in [0.15, 0.2) is 0 Å². The Morgan fingerprint density at radius 2 is 2.14 bits per heavy atom. The molecule has 0 radical (unpaired) electrons. The number of hydrogen-bond donors (Lipinski definition) is 3. The fraction of sp³-hybridized carbons (Fsp3) is 0.667. The lowest BCUT2D eigenvalue weighted by atomic mass is 10.0. The molecule has 0 aliphatic heterocycles. The van der Waals surface area contributed by atoms with Crippen LogP contribution in [0.2, 0.25) is 0 Å². The second-order valence-electron chi connectivity index (χ2n) is 3.37. The van der Waals surface area contributed by atoms with E-state index in [4.69, 9.17) is 5.11 Å². The van der Waals surface area contributed by atoms with E-state index in [-0.39, 0.29) is 13.0 Å². The van der Waals surface area contributed by atoms with Gasteiger partial charge in [-0.3, -0.25) is 4.68 Å². The van der Waals surface area contributed by atoms with Crippen molar-refractivity contribution in [2.45, 2.75) is 25.6 Å². The average molecular weight is 200 g/mol. The SMILES string of the molecule is Cc1nn(C)cc1C(O)C(O)CCO. The summed E-state index contributed by atoms with van der Waals surface area (Å²) in [5.41, 5.74) is 1.30. The van der Waals surface area contributed by atoms with E-state index in [1.165, 1.54) is 0 Å². The van der Waals surface area contributed by atoms with E-state index in [0.29, 0.717) is 11.3 Å². The lowest BCUT2D eigenvalue weighted by Crippen LogP contribution is -2.19. The molecule has 3 N–H and O–H groups in total. The molecule has 0 aliphatic carbocycles. The van der Waals surface area contributed by atoms with E-state index < -0.39 is 12.2 Å². The molecule has 0 fully saturated rings. The largest absolute Gasteiger partial charge is 0.396 e. The summed E-state index contributed by atoms with van der Waals surface area (Å²) in [4.78, 5) is 0. The third-order valence-corrected chi connectivity index (χ3v) is 2.16. The second kappa shape index (κ2) is 4.54. The fourth-order valence-corrected chi connectivity index (χ4v) is 1.41. The van der Waals surface area contributed by atoms with Crippen LogP contribution in [0, 0.1) is 6.92 Å². The first-order chi connectivity index (χ1) is 6.56. The van der Waals surface area contributed by atoms with Crippen molar-refractivity contribution in [3.8, 4) is 0 Å². The van der Waals surface area contributed by atoms with Crippen molar-refractivity contribution in [3.63, 3.8) is 0 Å². The molecule has 0 amide bonds. The zero-order valence-corrected chi connectivity index (χ0v) is 8.38. The molecule has 1 rings (SSSR count). The van der Waals surface area contributed by atoms with Crippen LogP contribution >= 0.6 is 0 Å². The Balaban J connectivity index is 2.77. The summed E-state index contributed by atoms with van der Waals surface area (Å²) in [6.45, 7) is 1.63. The predicted octanol–water partition coefficient (Wildman–Crippen LogP) is -0.495. The molecule has 2 atom stereocenters. The van der Waals surface area contributed by atoms with Gasteiger partial charge in [-0.15, -0.1) is 0 Å². The maximum Gasteiger partial charge on any atom is 0.108 e. The Bertz CT molecular complexity index is 298. The van der Waals surface area contributed by atoms with Crippen LogP contribution in [0.3, 0.4) is 0 Å². The van der Waals surface area contributed by atoms with Gasteiger partial charge in [0.25, 0.3) is 0 Å². The molecule has 0 bridgehead atoms. The van der Waals surface area contributed by atoms with Crippen LogP contribution in [0.1, 0.15) is 23.8 Å². The molecule has 2 unspecified atom stereocenters. The number of aliphatic hydroxyl groups is 3. The lowest BCUT2D eigenvalue weighted by Gasteiger charge is -2.15. The highest BCUT2D eigenvalue weighted by molar-refractivity contribution is 5.19. The maximum absolute atomic E-state index is 9.70. The minimum absolute atomic E-state index is 0.141. The van der Waals surface area contributed by atoms with Crippen LogP contribution in [0.15, 0.2) is 6.20 Å². The van der Waals surface area contributed by atoms with E-state index >= 15 is 0 Å². The normalized spacial score (nSPS) is 15.5. The topological polar surface area (TPSA) is 78.5 Å². The van der Waals surface area contributed by atoms with Crippen LogP contribution < -0.4 is 0 Å². The summed E-state index contributed by atoms with van der Waals surface area (Å²) in [7, 11) is 1.75. The van der Waals surface area contributed by atoms with Crippen molar-refractivity contribution in [1.29, 1.82) is 0 Å². The Hall–Kier alpha value is -0.910. The fourth-order valence-electron chi connectivity index (χ4n) is 1.41. The molecule has 0 spiro atoms. The first-order valence-corrected chi connectivity index (χ1v) is 4.53. The van der Waals surface area contributed by atoms with Gasteiger partial charge in [-0.2, -0.15) is 5.10 Å². The van der Waals surface area contributed by atoms with Gasteiger partial charge >= 0.3 is 0 Å². The van der Waals surface area contributed by atoms with Crippen molar-refractivity contribution in [2.24, 2.45) is 7.05 Å². The molecule has 14 heavy (non-hydrogen) atoms. The van der Waals surface area contributed by atoms with E-state index in [1.807, 2.05) is 0 Å². The van der Waals surface area contributed by atoms with Crippen LogP contribution in [0.25, 0.3) is 0 Å². The number of aromatic nitrogens is 2. The van der Waals surface area contributed by atoms with Gasteiger partial charge in [0.05, 0.1) is 11.8 Å². The number of aryl methyl sites for hydroxylation is 2. The molecule has 5 heteroatoms. The molecule has 1 heterocycles. The quantitative estimate of drug-likeness (QED) is 0.612. The van der Waals surface area contributed by atoms with Gasteiger partial charge in [0.1, 0.15) is 6.10 Å². The highest BCUT2D eigenvalue weighted by Crippen LogP contribution is 2.20. The zero-order chi connectivity index (χ0) is 10.7. The average Bonchev–Trinajstić information content (AvgIpc) is 2.44. The van der Waals surface area contributed by atoms with Crippen molar-refractivity contribution in [1.82, 2.24) is 9.78 Å². The van der Waals surface area contributed by atoms with Crippen molar-refractivity contribution < 1.29 is 15.3 Å². The number of nitrogens with zero attached hydrogens (tertiary/aromatic N) is 2. The number of rotatable bonds is 4. The summed E-state index contributed by atoms with van der Waals surface area (Å²) < 4.78 is 1.58. The highest BCUT2D eigenvalue weighted by atomic mass is 16.3. The monoisotopic (exact) mass is 200 g/mol. The van der Waals surface area contributed by atoms with Crippen LogP contribution in [-0.2, 0) is 7.05 Å². The van der Waals surface area contributed by atoms with Crippen LogP contribution in [0.5, 0.6) is 0 Å². The van der Waals surface area contributed by atoms with Gasteiger partial charge in [0.2, 0.25) is 0 Å². The Morgan fingerprint density at radius 3 is 2.57 bits per heavy atom. The van der Waals surface area contributed by atoms with Crippen LogP contribution in [-0.4, -0.2) is 37.8 Å². The zero-order valence-electron chi connectivity index (χ0n) is 8.38. The molecule has 0 saturated heterocycles. The summed E-state index contributed by atoms with van der Waals surface area (Å²) >= 11 is 0. The van der Waals surface area contributed by atoms with E-state index in [9.17, 15) is 10.2 Å². The standard InChI is InChI=1S/C9H16N2O3/c1-6-7(5-11(2)10-6)9(14)8(13)3-4-12/h5,8-9,12-14H,3-4H2,1-2H3. The lowest BCUT2D eigenvalue weighted by molar-refractivity contribution is 0.00385. The van der Waals surface area contributed by atoms with Gasteiger partial charge in [-0.1, -0.05) is 0 Å².